The topological polar surface area (TPSA) is 62.0 Å². The maximum Gasteiger partial charge on any atom is 0.239 e. The number of rotatable bonds is 9. The van der Waals surface area contributed by atoms with E-state index >= 15 is 0 Å². The lowest BCUT2D eigenvalue weighted by atomic mass is 9.88. The fourth-order valence-corrected chi connectivity index (χ4v) is 5.49. The van der Waals surface area contributed by atoms with Crippen molar-refractivity contribution in [3.05, 3.63) is 64.4 Å². The van der Waals surface area contributed by atoms with Gasteiger partial charge in [0.1, 0.15) is 11.6 Å². The van der Waals surface area contributed by atoms with Gasteiger partial charge in [-0.05, 0) is 69.0 Å². The van der Waals surface area contributed by atoms with Crippen LogP contribution in [0.4, 0.5) is 4.39 Å². The second kappa shape index (κ2) is 12.9. The van der Waals surface area contributed by atoms with Gasteiger partial charge in [-0.25, -0.2) is 4.39 Å². The summed E-state index contributed by atoms with van der Waals surface area (Å²) in [4.78, 5) is 19.7. The van der Waals surface area contributed by atoms with Gasteiger partial charge in [0, 0.05) is 49.9 Å². The van der Waals surface area contributed by atoms with Crippen molar-refractivity contribution in [3.8, 4) is 5.75 Å². The third kappa shape index (κ3) is 6.76. The molecular formula is C28H38ClFN4O2. The normalized spacial score (nSPS) is 18.8. The number of hydrogen-bond donors (Lipinski definition) is 1. The number of nitrogens with two attached hydrogens (primary N) is 1. The molecule has 2 aliphatic heterocycles. The number of likely N-dealkylation sites (tertiary alicyclic amines) is 1. The molecule has 0 saturated carbocycles. The summed E-state index contributed by atoms with van der Waals surface area (Å²) in [5.41, 5.74) is 8.24. The molecule has 2 aliphatic rings. The standard InChI is InChI=1S/C28H38ClFN4O2/c1-2-36-26-9-5-8-25(30)23(26)20-33-16-18-34(19-17-33)28(35)27(31)22-11-14-32(15-12-22)13-10-21-6-3-4-7-24(21)29/h3-9,22,27H,2,10-20,31H2,1H3. The van der Waals surface area contributed by atoms with Gasteiger partial charge in [-0.1, -0.05) is 35.9 Å². The van der Waals surface area contributed by atoms with E-state index in [1.54, 1.807) is 6.07 Å². The molecule has 0 aliphatic carbocycles. The highest BCUT2D eigenvalue weighted by Crippen LogP contribution is 2.25. The van der Waals surface area contributed by atoms with Crippen LogP contribution in [0.25, 0.3) is 0 Å². The number of halogens is 2. The zero-order valence-electron chi connectivity index (χ0n) is 21.2. The molecule has 0 radical (unpaired) electrons. The van der Waals surface area contributed by atoms with Gasteiger partial charge in [-0.15, -0.1) is 0 Å². The van der Waals surface area contributed by atoms with Crippen LogP contribution in [0, 0.1) is 11.7 Å². The van der Waals surface area contributed by atoms with Crippen LogP contribution in [0.2, 0.25) is 5.02 Å². The van der Waals surface area contributed by atoms with Crippen molar-refractivity contribution in [1.82, 2.24) is 14.7 Å². The second-order valence-electron chi connectivity index (χ2n) is 9.80. The largest absolute Gasteiger partial charge is 0.493 e. The van der Waals surface area contributed by atoms with E-state index in [2.05, 4.69) is 15.9 Å². The third-order valence-electron chi connectivity index (χ3n) is 7.52. The van der Waals surface area contributed by atoms with Crippen LogP contribution in [0.5, 0.6) is 5.75 Å². The van der Waals surface area contributed by atoms with E-state index in [1.807, 2.05) is 36.1 Å². The maximum atomic E-state index is 14.4. The molecule has 0 spiro atoms. The Balaban J connectivity index is 1.21. The van der Waals surface area contributed by atoms with Crippen LogP contribution in [0.1, 0.15) is 30.9 Å². The van der Waals surface area contributed by atoms with Crippen LogP contribution in [0.15, 0.2) is 42.5 Å². The Morgan fingerprint density at radius 1 is 1.06 bits per heavy atom. The summed E-state index contributed by atoms with van der Waals surface area (Å²) < 4.78 is 20.0. The third-order valence-corrected chi connectivity index (χ3v) is 7.89. The molecule has 2 N–H and O–H groups in total. The lowest BCUT2D eigenvalue weighted by Crippen LogP contribution is -2.55. The van der Waals surface area contributed by atoms with E-state index in [9.17, 15) is 9.18 Å². The fourth-order valence-electron chi connectivity index (χ4n) is 5.26. The van der Waals surface area contributed by atoms with Crippen LogP contribution < -0.4 is 10.5 Å². The molecule has 196 valence electrons. The average Bonchev–Trinajstić information content (AvgIpc) is 2.90. The minimum absolute atomic E-state index is 0.0464. The Morgan fingerprint density at radius 2 is 1.78 bits per heavy atom. The lowest BCUT2D eigenvalue weighted by molar-refractivity contribution is -0.136. The Morgan fingerprint density at radius 3 is 2.47 bits per heavy atom. The molecule has 1 unspecified atom stereocenters. The predicted octanol–water partition coefficient (Wildman–Crippen LogP) is 3.80. The van der Waals surface area contributed by atoms with E-state index in [-0.39, 0.29) is 17.6 Å². The number of ether oxygens (including phenoxy) is 1. The number of nitrogens with zero attached hydrogens (tertiary/aromatic N) is 3. The first-order valence-corrected chi connectivity index (χ1v) is 13.5. The molecule has 36 heavy (non-hydrogen) atoms. The van der Waals surface area contributed by atoms with E-state index in [4.69, 9.17) is 22.1 Å². The highest BCUT2D eigenvalue weighted by molar-refractivity contribution is 6.31. The van der Waals surface area contributed by atoms with Crippen LogP contribution >= 0.6 is 11.6 Å². The first-order chi connectivity index (χ1) is 17.5. The first kappa shape index (κ1) is 26.9. The first-order valence-electron chi connectivity index (χ1n) is 13.1. The highest BCUT2D eigenvalue weighted by Gasteiger charge is 2.33. The minimum atomic E-state index is -0.460. The summed E-state index contributed by atoms with van der Waals surface area (Å²) in [7, 11) is 0. The van der Waals surface area contributed by atoms with Crippen molar-refractivity contribution in [2.45, 2.75) is 38.8 Å². The Kier molecular flexibility index (Phi) is 9.60. The SMILES string of the molecule is CCOc1cccc(F)c1CN1CCN(C(=O)C(N)C2CCN(CCc3ccccc3Cl)CC2)CC1. The van der Waals surface area contributed by atoms with Crippen molar-refractivity contribution in [2.24, 2.45) is 11.7 Å². The summed E-state index contributed by atoms with van der Waals surface area (Å²) in [5, 5.41) is 0.823. The Hall–Kier alpha value is -2.19. The van der Waals surface area contributed by atoms with Gasteiger partial charge in [0.05, 0.1) is 12.6 Å². The molecule has 4 rings (SSSR count). The van der Waals surface area contributed by atoms with Gasteiger partial charge >= 0.3 is 0 Å². The molecule has 2 fully saturated rings. The van der Waals surface area contributed by atoms with Crippen molar-refractivity contribution in [2.75, 3.05) is 52.4 Å². The summed E-state index contributed by atoms with van der Waals surface area (Å²) in [6.07, 6.45) is 2.80. The molecule has 1 amide bonds. The highest BCUT2D eigenvalue weighted by atomic mass is 35.5. The summed E-state index contributed by atoms with van der Waals surface area (Å²) in [6, 6.07) is 12.5. The number of hydrogen-bond acceptors (Lipinski definition) is 5. The zero-order chi connectivity index (χ0) is 25.5. The van der Waals surface area contributed by atoms with E-state index in [1.165, 1.54) is 11.6 Å². The predicted molar refractivity (Wildman–Crippen MR) is 142 cm³/mol. The molecule has 0 bridgehead atoms. The molecular weight excluding hydrogens is 479 g/mol. The van der Waals surface area contributed by atoms with Crippen molar-refractivity contribution >= 4 is 17.5 Å². The van der Waals surface area contributed by atoms with Gasteiger partial charge in [0.2, 0.25) is 5.91 Å². The zero-order valence-corrected chi connectivity index (χ0v) is 21.9. The lowest BCUT2D eigenvalue weighted by Gasteiger charge is -2.39. The molecule has 0 aromatic heterocycles. The van der Waals surface area contributed by atoms with Crippen molar-refractivity contribution < 1.29 is 13.9 Å². The summed E-state index contributed by atoms with van der Waals surface area (Å²) in [6.45, 7) is 8.35. The number of carbonyl (C=O) groups is 1. The maximum absolute atomic E-state index is 14.4. The number of amides is 1. The quantitative estimate of drug-likeness (QED) is 0.549. The molecule has 2 saturated heterocycles. The Labute approximate surface area is 219 Å². The molecule has 6 nitrogen and oxygen atoms in total. The summed E-state index contributed by atoms with van der Waals surface area (Å²) >= 11 is 6.29. The van der Waals surface area contributed by atoms with Gasteiger partial charge in [-0.2, -0.15) is 0 Å². The number of benzene rings is 2. The van der Waals surface area contributed by atoms with E-state index < -0.39 is 6.04 Å². The minimum Gasteiger partial charge on any atom is -0.493 e. The van der Waals surface area contributed by atoms with Crippen LogP contribution in [-0.4, -0.2) is 79.1 Å². The molecule has 1 atom stereocenters. The van der Waals surface area contributed by atoms with Gasteiger partial charge in [-0.3, -0.25) is 9.69 Å². The van der Waals surface area contributed by atoms with Gasteiger partial charge in [0.25, 0.3) is 0 Å². The number of piperidine rings is 1. The molecule has 2 aromatic carbocycles. The average molecular weight is 517 g/mol. The van der Waals surface area contributed by atoms with Gasteiger partial charge < -0.3 is 20.3 Å². The molecule has 8 heteroatoms. The van der Waals surface area contributed by atoms with Crippen molar-refractivity contribution in [3.63, 3.8) is 0 Å². The monoisotopic (exact) mass is 516 g/mol. The van der Waals surface area contributed by atoms with Crippen LogP contribution in [-0.2, 0) is 17.8 Å². The number of piperazine rings is 1. The second-order valence-corrected chi connectivity index (χ2v) is 10.2. The van der Waals surface area contributed by atoms with Crippen molar-refractivity contribution in [1.29, 1.82) is 0 Å². The molecule has 2 heterocycles. The van der Waals surface area contributed by atoms with E-state index in [0.29, 0.717) is 50.6 Å². The smallest absolute Gasteiger partial charge is 0.239 e. The molecule has 2 aromatic rings. The summed E-state index contributed by atoms with van der Waals surface area (Å²) in [5.74, 6) is 0.597. The van der Waals surface area contributed by atoms with Crippen LogP contribution in [0.3, 0.4) is 0 Å². The fraction of sp³-hybridized carbons (Fsp3) is 0.536. The number of carbonyl (C=O) groups excluding carboxylic acids is 1. The van der Waals surface area contributed by atoms with E-state index in [0.717, 1.165) is 43.9 Å². The Bertz CT molecular complexity index is 1010. The van der Waals surface area contributed by atoms with Gasteiger partial charge in [0.15, 0.2) is 0 Å².